The van der Waals surface area contributed by atoms with Gasteiger partial charge in [-0.05, 0) is 92.3 Å². The first-order valence-electron chi connectivity index (χ1n) is 12.6. The Morgan fingerprint density at radius 3 is 2.53 bits per heavy atom. The zero-order valence-corrected chi connectivity index (χ0v) is 21.8. The maximum atomic E-state index is 17.3. The highest BCUT2D eigenvalue weighted by Gasteiger charge is 2.76. The van der Waals surface area contributed by atoms with Gasteiger partial charge in [-0.2, -0.15) is 0 Å². The zero-order chi connectivity index (χ0) is 27.7. The van der Waals surface area contributed by atoms with E-state index in [1.165, 1.54) is 43.3 Å². The van der Waals surface area contributed by atoms with E-state index in [2.05, 4.69) is 0 Å². The van der Waals surface area contributed by atoms with Crippen molar-refractivity contribution in [2.75, 3.05) is 6.01 Å². The number of phenolic OH excluding ortho intramolecular Hbond substituents is 1. The van der Waals surface area contributed by atoms with E-state index in [0.29, 0.717) is 11.8 Å². The van der Waals surface area contributed by atoms with Crippen LogP contribution in [0, 0.1) is 22.7 Å². The number of carbonyl (C=O) groups is 3. The van der Waals surface area contributed by atoms with Gasteiger partial charge in [-0.1, -0.05) is 13.0 Å². The van der Waals surface area contributed by atoms with Gasteiger partial charge in [-0.3, -0.25) is 9.59 Å². The Hall–Kier alpha value is -2.59. The van der Waals surface area contributed by atoms with Gasteiger partial charge >= 0.3 is 5.97 Å². The largest absolute Gasteiger partial charge is 0.508 e. The van der Waals surface area contributed by atoms with E-state index in [1.807, 2.05) is 0 Å². The molecule has 0 spiro atoms. The number of benzene rings is 1. The Labute approximate surface area is 222 Å². The van der Waals surface area contributed by atoms with Crippen molar-refractivity contribution in [3.8, 4) is 5.75 Å². The summed E-state index contributed by atoms with van der Waals surface area (Å²) < 4.78 is 52.2. The Bertz CT molecular complexity index is 1250. The molecule has 8 atom stereocenters. The minimum Gasteiger partial charge on any atom is -0.508 e. The molecule has 4 aliphatic carbocycles. The van der Waals surface area contributed by atoms with Crippen LogP contribution in [0.5, 0.6) is 5.75 Å². The van der Waals surface area contributed by atoms with Gasteiger partial charge in [0.15, 0.2) is 17.1 Å². The molecule has 0 radical (unpaired) electrons. The first kappa shape index (κ1) is 27.0. The standard InChI is InChI=1S/C28H29F3O6S/c1-25-9-7-17(33)11-20(25)21(30)12-19-18-8-10-27(24(36)38-14-29,26(18,2)13-22(34)28(19,25)31)37-23(35)15-3-5-16(32)6-4-15/h3-7,9,11,18-19,21-22,32,34H,8,10,12-14H2,1-2H3/t18-,19-,21-,22-,25-,26-,27-,28-/m0/s1. The molecule has 0 aliphatic heterocycles. The lowest BCUT2D eigenvalue weighted by molar-refractivity contribution is -0.219. The number of aliphatic hydroxyl groups excluding tert-OH is 1. The number of halogens is 3. The number of hydrogen-bond donors (Lipinski definition) is 2. The molecule has 1 aromatic carbocycles. The third kappa shape index (κ3) is 3.48. The summed E-state index contributed by atoms with van der Waals surface area (Å²) in [6, 6.07) is 4.11. The van der Waals surface area contributed by atoms with Crippen molar-refractivity contribution >= 4 is 28.6 Å². The van der Waals surface area contributed by atoms with Crippen LogP contribution in [0.1, 0.15) is 49.9 Å². The van der Waals surface area contributed by atoms with Crippen LogP contribution >= 0.6 is 11.8 Å². The molecule has 0 unspecified atom stereocenters. The van der Waals surface area contributed by atoms with Crippen molar-refractivity contribution in [1.82, 2.24) is 0 Å². The number of ketones is 1. The molecule has 4 aliphatic rings. The Balaban J connectivity index is 1.58. The molecule has 1 aromatic rings. The summed E-state index contributed by atoms with van der Waals surface area (Å²) in [5.41, 5.74) is -7.13. The molecule has 3 saturated carbocycles. The number of carbonyl (C=O) groups excluding carboxylic acids is 3. The van der Waals surface area contributed by atoms with E-state index >= 15 is 8.78 Å². The molecule has 204 valence electrons. The van der Waals surface area contributed by atoms with E-state index in [0.717, 1.165) is 6.08 Å². The van der Waals surface area contributed by atoms with Crippen molar-refractivity contribution < 1.29 is 42.5 Å². The highest BCUT2D eigenvalue weighted by atomic mass is 32.2. The second kappa shape index (κ2) is 8.98. The first-order chi connectivity index (χ1) is 17.8. The third-order valence-electron chi connectivity index (χ3n) is 9.63. The molecule has 0 heterocycles. The smallest absolute Gasteiger partial charge is 0.339 e. The van der Waals surface area contributed by atoms with Crippen LogP contribution in [0.25, 0.3) is 0 Å². The summed E-state index contributed by atoms with van der Waals surface area (Å²) in [5.74, 6) is -3.17. The lowest BCUT2D eigenvalue weighted by Gasteiger charge is -2.63. The summed E-state index contributed by atoms with van der Waals surface area (Å²) in [7, 11) is 0. The van der Waals surface area contributed by atoms with Crippen LogP contribution in [0.2, 0.25) is 0 Å². The van der Waals surface area contributed by atoms with Gasteiger partial charge in [0.1, 0.15) is 17.9 Å². The van der Waals surface area contributed by atoms with Crippen molar-refractivity contribution in [2.24, 2.45) is 22.7 Å². The summed E-state index contributed by atoms with van der Waals surface area (Å²) >= 11 is 0.339. The predicted molar refractivity (Wildman–Crippen MR) is 133 cm³/mol. The molecule has 5 rings (SSSR count). The minimum atomic E-state index is -2.35. The first-order valence-corrected chi connectivity index (χ1v) is 13.5. The van der Waals surface area contributed by atoms with E-state index in [9.17, 15) is 29.0 Å². The van der Waals surface area contributed by atoms with Gasteiger partial charge in [0.25, 0.3) is 0 Å². The predicted octanol–water partition coefficient (Wildman–Crippen LogP) is 4.79. The maximum Gasteiger partial charge on any atom is 0.339 e. The SMILES string of the molecule is C[C@]12C=CC(=O)C=C1[C@@H](F)C[C@H]1[C@@H]3CC[C@](OC(=O)c4ccc(O)cc4)(C(=O)SCF)[C@@]3(C)C[C@H](O)[C@@]12F. The third-order valence-corrected chi connectivity index (χ3v) is 10.3. The molecule has 0 saturated heterocycles. The summed E-state index contributed by atoms with van der Waals surface area (Å²) in [6.45, 7) is 3.10. The number of ether oxygens (including phenoxy) is 1. The summed E-state index contributed by atoms with van der Waals surface area (Å²) in [4.78, 5) is 38.7. The van der Waals surface area contributed by atoms with Gasteiger partial charge in [-0.15, -0.1) is 0 Å². The number of thioether (sulfide) groups is 1. The number of alkyl halides is 3. The van der Waals surface area contributed by atoms with E-state index in [1.54, 1.807) is 6.92 Å². The number of aliphatic hydroxyl groups is 1. The Morgan fingerprint density at radius 1 is 1.18 bits per heavy atom. The molecule has 0 bridgehead atoms. The molecular weight excluding hydrogens is 521 g/mol. The number of fused-ring (bicyclic) bond motifs is 5. The maximum absolute atomic E-state index is 17.3. The number of allylic oxidation sites excluding steroid dienone is 4. The van der Waals surface area contributed by atoms with Crippen LogP contribution in [0.4, 0.5) is 13.2 Å². The van der Waals surface area contributed by atoms with E-state index in [-0.39, 0.29) is 42.6 Å². The van der Waals surface area contributed by atoms with Crippen LogP contribution in [0.3, 0.4) is 0 Å². The lowest BCUT2D eigenvalue weighted by Crippen LogP contribution is -2.70. The molecule has 3 fully saturated rings. The number of hydrogen-bond acceptors (Lipinski definition) is 7. The normalized spacial score (nSPS) is 41.5. The van der Waals surface area contributed by atoms with Gasteiger partial charge in [0, 0.05) is 16.7 Å². The molecule has 6 nitrogen and oxygen atoms in total. The average Bonchev–Trinajstić information content (AvgIpc) is 3.15. The monoisotopic (exact) mass is 550 g/mol. The van der Waals surface area contributed by atoms with Crippen molar-refractivity contribution in [3.05, 3.63) is 53.6 Å². The fourth-order valence-electron chi connectivity index (χ4n) is 7.72. The van der Waals surface area contributed by atoms with Crippen molar-refractivity contribution in [3.63, 3.8) is 0 Å². The quantitative estimate of drug-likeness (QED) is 0.520. The zero-order valence-electron chi connectivity index (χ0n) is 21.0. The van der Waals surface area contributed by atoms with Crippen LogP contribution in [0.15, 0.2) is 48.1 Å². The highest BCUT2D eigenvalue weighted by Crippen LogP contribution is 2.71. The molecule has 10 heteroatoms. The topological polar surface area (TPSA) is 101 Å². The van der Waals surface area contributed by atoms with Gasteiger partial charge in [0.2, 0.25) is 5.12 Å². The molecule has 0 amide bonds. The van der Waals surface area contributed by atoms with Crippen molar-refractivity contribution in [1.29, 1.82) is 0 Å². The van der Waals surface area contributed by atoms with E-state index in [4.69, 9.17) is 4.74 Å². The summed E-state index contributed by atoms with van der Waals surface area (Å²) in [6.07, 6.45) is -0.214. The van der Waals surface area contributed by atoms with Gasteiger partial charge in [-0.25, -0.2) is 18.0 Å². The van der Waals surface area contributed by atoms with E-state index < -0.39 is 69.1 Å². The number of aromatic hydroxyl groups is 1. The molecule has 2 N–H and O–H groups in total. The number of esters is 1. The Kier molecular flexibility index (Phi) is 6.38. The van der Waals surface area contributed by atoms with Gasteiger partial charge < -0.3 is 14.9 Å². The summed E-state index contributed by atoms with van der Waals surface area (Å²) in [5, 5.41) is 20.3. The second-order valence-electron chi connectivity index (χ2n) is 11.2. The molecule has 38 heavy (non-hydrogen) atoms. The second-order valence-corrected chi connectivity index (χ2v) is 12.1. The highest BCUT2D eigenvalue weighted by molar-refractivity contribution is 8.13. The Morgan fingerprint density at radius 2 is 1.87 bits per heavy atom. The number of rotatable bonds is 4. The molecule has 0 aromatic heterocycles. The van der Waals surface area contributed by atoms with Crippen LogP contribution < -0.4 is 0 Å². The van der Waals surface area contributed by atoms with Crippen LogP contribution in [-0.4, -0.2) is 56.6 Å². The fraction of sp³-hybridized carbons (Fsp3) is 0.536. The van der Waals surface area contributed by atoms with Crippen LogP contribution in [-0.2, 0) is 14.3 Å². The average molecular weight is 551 g/mol. The lowest BCUT2D eigenvalue weighted by atomic mass is 9.44. The fourth-order valence-corrected chi connectivity index (χ4v) is 8.43. The van der Waals surface area contributed by atoms with Gasteiger partial charge in [0.05, 0.1) is 11.7 Å². The molecular formula is C28H29F3O6S. The number of phenols is 1. The minimum absolute atomic E-state index is 0.0153. The van der Waals surface area contributed by atoms with Crippen molar-refractivity contribution in [2.45, 2.75) is 63.1 Å².